The zero-order valence-corrected chi connectivity index (χ0v) is 14.9. The van der Waals surface area contributed by atoms with Crippen molar-refractivity contribution in [3.63, 3.8) is 0 Å². The zero-order chi connectivity index (χ0) is 14.8. The number of benzene rings is 1. The van der Waals surface area contributed by atoms with Crippen LogP contribution in [0.15, 0.2) is 22.7 Å². The molecule has 1 aliphatic rings. The van der Waals surface area contributed by atoms with Gasteiger partial charge in [0.1, 0.15) is 0 Å². The lowest BCUT2D eigenvalue weighted by atomic mass is 10.0. The molecule has 0 aliphatic heterocycles. The van der Waals surface area contributed by atoms with Crippen LogP contribution < -0.4 is 10.2 Å². The zero-order valence-electron chi connectivity index (χ0n) is 12.4. The summed E-state index contributed by atoms with van der Waals surface area (Å²) >= 11 is 5.46. The third kappa shape index (κ3) is 3.40. The van der Waals surface area contributed by atoms with Crippen molar-refractivity contribution in [3.05, 3.63) is 38.8 Å². The number of anilines is 2. The summed E-state index contributed by atoms with van der Waals surface area (Å²) in [6.45, 7) is 0.818. The van der Waals surface area contributed by atoms with Crippen molar-refractivity contribution < 1.29 is 0 Å². The van der Waals surface area contributed by atoms with E-state index in [4.69, 9.17) is 4.98 Å². The Bertz CT molecular complexity index is 613. The molecule has 2 aromatic rings. The summed E-state index contributed by atoms with van der Waals surface area (Å²) in [6, 6.07) is 6.49. The molecule has 0 saturated carbocycles. The molecule has 3 nitrogen and oxygen atoms in total. The van der Waals surface area contributed by atoms with E-state index >= 15 is 0 Å². The van der Waals surface area contributed by atoms with Gasteiger partial charge in [-0.2, -0.15) is 0 Å². The Hall–Kier alpha value is -1.07. The molecule has 1 aromatic heterocycles. The maximum atomic E-state index is 4.72. The van der Waals surface area contributed by atoms with E-state index in [0.717, 1.165) is 22.6 Å². The predicted octanol–water partition coefficient (Wildman–Crippen LogP) is 4.46. The van der Waals surface area contributed by atoms with Crippen LogP contribution >= 0.6 is 27.3 Å². The number of hydrogen-bond donors (Lipinski definition) is 1. The van der Waals surface area contributed by atoms with Crippen LogP contribution in [0.2, 0.25) is 0 Å². The highest BCUT2D eigenvalue weighted by Gasteiger charge is 2.14. The highest BCUT2D eigenvalue weighted by molar-refractivity contribution is 9.10. The number of hydrogen-bond acceptors (Lipinski definition) is 4. The van der Waals surface area contributed by atoms with Crippen LogP contribution in [0.5, 0.6) is 0 Å². The normalized spacial score (nSPS) is 13.9. The fourth-order valence-corrected chi connectivity index (χ4v) is 4.45. The number of thiazole rings is 1. The Kier molecular flexibility index (Phi) is 4.50. The third-order valence-electron chi connectivity index (χ3n) is 3.78. The van der Waals surface area contributed by atoms with Gasteiger partial charge in [-0.1, -0.05) is 6.07 Å². The first-order chi connectivity index (χ1) is 10.1. The van der Waals surface area contributed by atoms with Gasteiger partial charge in [-0.15, -0.1) is 11.3 Å². The van der Waals surface area contributed by atoms with Crippen LogP contribution in [-0.4, -0.2) is 19.1 Å². The van der Waals surface area contributed by atoms with Crippen molar-refractivity contribution in [2.45, 2.75) is 32.2 Å². The monoisotopic (exact) mass is 365 g/mol. The molecule has 1 N–H and O–H groups in total. The third-order valence-corrected chi connectivity index (χ3v) is 5.53. The van der Waals surface area contributed by atoms with Crippen LogP contribution in [0.3, 0.4) is 0 Å². The van der Waals surface area contributed by atoms with E-state index in [0.29, 0.717) is 0 Å². The fraction of sp³-hybridized carbons (Fsp3) is 0.438. The molecule has 0 radical (unpaired) electrons. The van der Waals surface area contributed by atoms with Gasteiger partial charge in [-0.25, -0.2) is 4.98 Å². The van der Waals surface area contributed by atoms with E-state index < -0.39 is 0 Å². The number of aromatic nitrogens is 1. The Balaban J connectivity index is 1.67. The van der Waals surface area contributed by atoms with Crippen molar-refractivity contribution in [2.24, 2.45) is 0 Å². The van der Waals surface area contributed by atoms with Gasteiger partial charge in [-0.3, -0.25) is 0 Å². The molecule has 0 saturated heterocycles. The molecule has 1 heterocycles. The summed E-state index contributed by atoms with van der Waals surface area (Å²) in [5, 5.41) is 4.53. The second-order valence-corrected chi connectivity index (χ2v) is 7.57. The first-order valence-electron chi connectivity index (χ1n) is 7.31. The number of rotatable bonds is 4. The lowest BCUT2D eigenvalue weighted by molar-refractivity contribution is 0.682. The lowest BCUT2D eigenvalue weighted by Gasteiger charge is -2.15. The van der Waals surface area contributed by atoms with Gasteiger partial charge < -0.3 is 10.2 Å². The number of nitrogens with zero attached hydrogens (tertiary/aromatic N) is 2. The van der Waals surface area contributed by atoms with Crippen LogP contribution in [0.1, 0.15) is 29.0 Å². The molecule has 0 amide bonds. The second-order valence-electron chi connectivity index (χ2n) is 5.63. The first kappa shape index (κ1) is 14.9. The standard InChI is InChI=1S/C16H20BrN3S/c1-20(2)14-8-7-11(9-12(14)17)10-18-16-19-13-5-3-4-6-15(13)21-16/h7-9H,3-6,10H2,1-2H3,(H,18,19). The Labute approximate surface area is 138 Å². The molecule has 0 spiro atoms. The molecule has 0 bridgehead atoms. The van der Waals surface area contributed by atoms with Gasteiger partial charge in [0.05, 0.1) is 11.4 Å². The highest BCUT2D eigenvalue weighted by Crippen LogP contribution is 2.30. The second kappa shape index (κ2) is 6.36. The molecule has 1 aliphatic carbocycles. The molecular weight excluding hydrogens is 346 g/mol. The van der Waals surface area contributed by atoms with Crippen molar-refractivity contribution >= 4 is 38.1 Å². The van der Waals surface area contributed by atoms with Crippen LogP contribution in [0.4, 0.5) is 10.8 Å². The minimum atomic E-state index is 0.818. The van der Waals surface area contributed by atoms with E-state index in [1.54, 1.807) is 0 Å². The largest absolute Gasteiger partial charge is 0.377 e. The molecule has 0 atom stereocenters. The van der Waals surface area contributed by atoms with E-state index in [1.807, 2.05) is 11.3 Å². The Morgan fingerprint density at radius 3 is 2.81 bits per heavy atom. The summed E-state index contributed by atoms with van der Waals surface area (Å²) in [7, 11) is 4.11. The quantitative estimate of drug-likeness (QED) is 0.866. The topological polar surface area (TPSA) is 28.2 Å². The summed E-state index contributed by atoms with van der Waals surface area (Å²) in [4.78, 5) is 8.31. The van der Waals surface area contributed by atoms with Gasteiger partial charge in [0.25, 0.3) is 0 Å². The van der Waals surface area contributed by atoms with E-state index in [2.05, 4.69) is 58.4 Å². The van der Waals surface area contributed by atoms with Gasteiger partial charge in [-0.05, 0) is 59.3 Å². The first-order valence-corrected chi connectivity index (χ1v) is 8.92. The van der Waals surface area contributed by atoms with Crippen LogP contribution in [0, 0.1) is 0 Å². The molecule has 0 fully saturated rings. The molecule has 3 rings (SSSR count). The average molecular weight is 366 g/mol. The van der Waals surface area contributed by atoms with Gasteiger partial charge in [0.2, 0.25) is 0 Å². The molecule has 1 aromatic carbocycles. The van der Waals surface area contributed by atoms with E-state index in [-0.39, 0.29) is 0 Å². The summed E-state index contributed by atoms with van der Waals surface area (Å²) < 4.78 is 1.13. The summed E-state index contributed by atoms with van der Waals surface area (Å²) in [5.74, 6) is 0. The van der Waals surface area contributed by atoms with Gasteiger partial charge >= 0.3 is 0 Å². The van der Waals surface area contributed by atoms with Crippen molar-refractivity contribution in [1.82, 2.24) is 4.98 Å². The van der Waals surface area contributed by atoms with Crippen molar-refractivity contribution in [1.29, 1.82) is 0 Å². The SMILES string of the molecule is CN(C)c1ccc(CNc2nc3c(s2)CCCC3)cc1Br. The number of fused-ring (bicyclic) bond motifs is 1. The minimum Gasteiger partial charge on any atom is -0.377 e. The number of aryl methyl sites for hydroxylation is 2. The molecular formula is C16H20BrN3S. The average Bonchev–Trinajstić information content (AvgIpc) is 2.87. The molecule has 21 heavy (non-hydrogen) atoms. The van der Waals surface area contributed by atoms with Crippen molar-refractivity contribution in [3.8, 4) is 0 Å². The maximum absolute atomic E-state index is 4.72. The minimum absolute atomic E-state index is 0.818. The fourth-order valence-electron chi connectivity index (χ4n) is 2.63. The Morgan fingerprint density at radius 1 is 1.29 bits per heavy atom. The lowest BCUT2D eigenvalue weighted by Crippen LogP contribution is -2.09. The highest BCUT2D eigenvalue weighted by atomic mass is 79.9. The smallest absolute Gasteiger partial charge is 0.183 e. The maximum Gasteiger partial charge on any atom is 0.183 e. The predicted molar refractivity (Wildman–Crippen MR) is 94.6 cm³/mol. The number of nitrogens with one attached hydrogen (secondary N) is 1. The Morgan fingerprint density at radius 2 is 2.10 bits per heavy atom. The van der Waals surface area contributed by atoms with Crippen molar-refractivity contribution in [2.75, 3.05) is 24.3 Å². The van der Waals surface area contributed by atoms with Crippen LogP contribution in [-0.2, 0) is 19.4 Å². The van der Waals surface area contributed by atoms with Crippen LogP contribution in [0.25, 0.3) is 0 Å². The van der Waals surface area contributed by atoms with E-state index in [1.165, 1.54) is 41.1 Å². The van der Waals surface area contributed by atoms with E-state index in [9.17, 15) is 0 Å². The van der Waals surface area contributed by atoms with Gasteiger partial charge in [0, 0.05) is 30.0 Å². The summed E-state index contributed by atoms with van der Waals surface area (Å²) in [5.41, 5.74) is 3.78. The summed E-state index contributed by atoms with van der Waals surface area (Å²) in [6.07, 6.45) is 4.96. The molecule has 0 unspecified atom stereocenters. The molecule has 112 valence electrons. The number of halogens is 1. The molecule has 5 heteroatoms. The van der Waals surface area contributed by atoms with Gasteiger partial charge in [0.15, 0.2) is 5.13 Å².